The number of carbonyl (C=O) groups is 2. The Kier molecular flexibility index (Phi) is 7.08. The second-order valence-electron chi connectivity index (χ2n) is 6.18. The zero-order chi connectivity index (χ0) is 22.4. The molecule has 3 rings (SSSR count). The number of halogens is 2. The molecule has 9 heteroatoms. The molecule has 3 aromatic rings. The first-order valence-electron chi connectivity index (χ1n) is 9.13. The molecule has 0 radical (unpaired) electrons. The van der Waals surface area contributed by atoms with Crippen molar-refractivity contribution in [2.45, 2.75) is 6.92 Å². The van der Waals surface area contributed by atoms with E-state index in [-0.39, 0.29) is 34.1 Å². The third-order valence-corrected chi connectivity index (χ3v) is 4.64. The number of benzene rings is 2. The van der Waals surface area contributed by atoms with Gasteiger partial charge >= 0.3 is 5.97 Å². The molecule has 0 atom stereocenters. The van der Waals surface area contributed by atoms with Gasteiger partial charge in [0, 0.05) is 16.8 Å². The van der Waals surface area contributed by atoms with Crippen molar-refractivity contribution < 1.29 is 14.3 Å². The standard InChI is InChI=1S/C22H16Cl2N4O3/c1-2-31-22(30)20-15(13-28(27-20)17-6-4-3-5-7-17)10-14(12-25)21(29)26-19-11-16(23)8-9-18(19)24/h3-11,13H,2H2,1H3,(H,26,29)/b14-10-. The van der Waals surface area contributed by atoms with Crippen molar-refractivity contribution in [3.05, 3.63) is 81.6 Å². The topological polar surface area (TPSA) is 97.0 Å². The maximum absolute atomic E-state index is 12.6. The molecular formula is C22H16Cl2N4O3. The molecule has 31 heavy (non-hydrogen) atoms. The van der Waals surface area contributed by atoms with E-state index in [2.05, 4.69) is 10.4 Å². The van der Waals surface area contributed by atoms with E-state index in [0.717, 1.165) is 0 Å². The summed E-state index contributed by atoms with van der Waals surface area (Å²) >= 11 is 12.0. The van der Waals surface area contributed by atoms with Crippen LogP contribution >= 0.6 is 23.2 Å². The van der Waals surface area contributed by atoms with Gasteiger partial charge in [-0.25, -0.2) is 9.48 Å². The minimum Gasteiger partial charge on any atom is -0.461 e. The van der Waals surface area contributed by atoms with Gasteiger partial charge in [0.25, 0.3) is 5.91 Å². The van der Waals surface area contributed by atoms with Crippen LogP contribution in [-0.4, -0.2) is 28.3 Å². The second-order valence-corrected chi connectivity index (χ2v) is 7.03. The molecule has 1 N–H and O–H groups in total. The molecule has 0 spiro atoms. The van der Waals surface area contributed by atoms with Crippen molar-refractivity contribution in [1.82, 2.24) is 9.78 Å². The number of nitrogens with zero attached hydrogens (tertiary/aromatic N) is 3. The number of para-hydroxylation sites is 1. The highest BCUT2D eigenvalue weighted by atomic mass is 35.5. The van der Waals surface area contributed by atoms with E-state index in [9.17, 15) is 14.9 Å². The number of nitrogens with one attached hydrogen (secondary N) is 1. The molecule has 1 aromatic heterocycles. The Morgan fingerprint density at radius 1 is 1.23 bits per heavy atom. The Labute approximate surface area is 188 Å². The fourth-order valence-corrected chi connectivity index (χ4v) is 2.99. The van der Waals surface area contributed by atoms with E-state index < -0.39 is 11.9 Å². The van der Waals surface area contributed by atoms with Crippen LogP contribution in [0.1, 0.15) is 23.0 Å². The average Bonchev–Trinajstić information content (AvgIpc) is 3.19. The van der Waals surface area contributed by atoms with Gasteiger partial charge in [0.2, 0.25) is 0 Å². The largest absolute Gasteiger partial charge is 0.461 e. The third-order valence-electron chi connectivity index (χ3n) is 4.07. The van der Waals surface area contributed by atoms with E-state index in [0.29, 0.717) is 10.7 Å². The normalized spacial score (nSPS) is 11.0. The van der Waals surface area contributed by atoms with E-state index in [1.165, 1.54) is 22.9 Å². The number of aromatic nitrogens is 2. The van der Waals surface area contributed by atoms with Crippen LogP contribution in [-0.2, 0) is 9.53 Å². The smallest absolute Gasteiger partial charge is 0.359 e. The van der Waals surface area contributed by atoms with Crippen molar-refractivity contribution in [2.75, 3.05) is 11.9 Å². The number of ether oxygens (including phenoxy) is 1. The lowest BCUT2D eigenvalue weighted by Crippen LogP contribution is -2.14. The van der Waals surface area contributed by atoms with E-state index in [4.69, 9.17) is 27.9 Å². The van der Waals surface area contributed by atoms with Crippen molar-refractivity contribution in [1.29, 1.82) is 5.26 Å². The van der Waals surface area contributed by atoms with Gasteiger partial charge in [0.1, 0.15) is 11.6 Å². The molecule has 1 amide bonds. The zero-order valence-electron chi connectivity index (χ0n) is 16.3. The molecule has 0 aliphatic heterocycles. The van der Waals surface area contributed by atoms with E-state index in [1.54, 1.807) is 31.3 Å². The number of rotatable bonds is 6. The number of hydrogen-bond acceptors (Lipinski definition) is 5. The second kappa shape index (κ2) is 9.94. The van der Waals surface area contributed by atoms with Crippen molar-refractivity contribution >= 4 is 46.8 Å². The predicted molar refractivity (Wildman–Crippen MR) is 118 cm³/mol. The summed E-state index contributed by atoms with van der Waals surface area (Å²) in [5.74, 6) is -1.38. The first kappa shape index (κ1) is 22.1. The van der Waals surface area contributed by atoms with Crippen LogP contribution in [0.2, 0.25) is 10.0 Å². The predicted octanol–water partition coefficient (Wildman–Crippen LogP) is 4.90. The monoisotopic (exact) mass is 454 g/mol. The van der Waals surface area contributed by atoms with E-state index in [1.807, 2.05) is 24.3 Å². The minimum absolute atomic E-state index is 0.0213. The van der Waals surface area contributed by atoms with Crippen LogP contribution in [0.15, 0.2) is 60.3 Å². The van der Waals surface area contributed by atoms with Gasteiger partial charge in [-0.3, -0.25) is 4.79 Å². The van der Waals surface area contributed by atoms with Crippen molar-refractivity contribution in [3.8, 4) is 11.8 Å². The molecule has 156 valence electrons. The SMILES string of the molecule is CCOC(=O)c1nn(-c2ccccc2)cc1/C=C(/C#N)C(=O)Nc1cc(Cl)ccc1Cl. The summed E-state index contributed by atoms with van der Waals surface area (Å²) in [6.45, 7) is 1.82. The van der Waals surface area contributed by atoms with Gasteiger partial charge in [0.15, 0.2) is 5.69 Å². The van der Waals surface area contributed by atoms with Crippen LogP contribution in [0.3, 0.4) is 0 Å². The number of carbonyl (C=O) groups excluding carboxylic acids is 2. The number of amides is 1. The lowest BCUT2D eigenvalue weighted by molar-refractivity contribution is -0.112. The first-order valence-corrected chi connectivity index (χ1v) is 9.89. The third kappa shape index (κ3) is 5.31. The van der Waals surface area contributed by atoms with Gasteiger partial charge in [-0.05, 0) is 43.3 Å². The number of esters is 1. The summed E-state index contributed by atoms with van der Waals surface area (Å²) in [4.78, 5) is 25.0. The fourth-order valence-electron chi connectivity index (χ4n) is 2.65. The van der Waals surface area contributed by atoms with Crippen molar-refractivity contribution in [3.63, 3.8) is 0 Å². The van der Waals surface area contributed by atoms with Gasteiger partial charge in [-0.15, -0.1) is 0 Å². The van der Waals surface area contributed by atoms with Gasteiger partial charge in [0.05, 0.1) is 23.0 Å². The maximum atomic E-state index is 12.6. The highest BCUT2D eigenvalue weighted by Crippen LogP contribution is 2.26. The van der Waals surface area contributed by atoms with Crippen LogP contribution in [0.5, 0.6) is 0 Å². The summed E-state index contributed by atoms with van der Waals surface area (Å²) in [5, 5.41) is 17.0. The molecular weight excluding hydrogens is 439 g/mol. The number of hydrogen-bond donors (Lipinski definition) is 1. The summed E-state index contributed by atoms with van der Waals surface area (Å²) in [6, 6.07) is 15.5. The molecule has 0 saturated heterocycles. The Morgan fingerprint density at radius 2 is 1.97 bits per heavy atom. The number of anilines is 1. The molecule has 0 saturated carbocycles. The Morgan fingerprint density at radius 3 is 2.65 bits per heavy atom. The first-order chi connectivity index (χ1) is 14.9. The fraction of sp³-hybridized carbons (Fsp3) is 0.0909. The van der Waals surface area contributed by atoms with Gasteiger partial charge in [-0.2, -0.15) is 10.4 Å². The molecule has 0 fully saturated rings. The highest BCUT2D eigenvalue weighted by molar-refractivity contribution is 6.36. The van der Waals surface area contributed by atoms with E-state index >= 15 is 0 Å². The summed E-state index contributed by atoms with van der Waals surface area (Å²) in [7, 11) is 0. The molecule has 0 aliphatic rings. The zero-order valence-corrected chi connectivity index (χ0v) is 17.8. The molecule has 0 bridgehead atoms. The lowest BCUT2D eigenvalue weighted by Gasteiger charge is -2.07. The average molecular weight is 455 g/mol. The Bertz CT molecular complexity index is 1200. The molecule has 0 aliphatic carbocycles. The minimum atomic E-state index is -0.714. The molecule has 1 heterocycles. The summed E-state index contributed by atoms with van der Waals surface area (Å²) in [6.07, 6.45) is 2.81. The molecule has 7 nitrogen and oxygen atoms in total. The summed E-state index contributed by atoms with van der Waals surface area (Å²) in [5.41, 5.74) is 0.930. The van der Waals surface area contributed by atoms with Crippen LogP contribution in [0.4, 0.5) is 5.69 Å². The van der Waals surface area contributed by atoms with Gasteiger partial charge < -0.3 is 10.1 Å². The Balaban J connectivity index is 1.99. The Hall–Kier alpha value is -3.60. The van der Waals surface area contributed by atoms with Crippen LogP contribution in [0.25, 0.3) is 11.8 Å². The molecule has 0 unspecified atom stereocenters. The quantitative estimate of drug-likeness (QED) is 0.324. The number of nitriles is 1. The van der Waals surface area contributed by atoms with Crippen LogP contribution < -0.4 is 5.32 Å². The lowest BCUT2D eigenvalue weighted by atomic mass is 10.1. The van der Waals surface area contributed by atoms with Crippen molar-refractivity contribution in [2.24, 2.45) is 0 Å². The highest BCUT2D eigenvalue weighted by Gasteiger charge is 2.20. The maximum Gasteiger partial charge on any atom is 0.359 e. The molecule has 2 aromatic carbocycles. The summed E-state index contributed by atoms with van der Waals surface area (Å²) < 4.78 is 6.53. The van der Waals surface area contributed by atoms with Gasteiger partial charge in [-0.1, -0.05) is 41.4 Å². The van der Waals surface area contributed by atoms with Crippen LogP contribution in [0, 0.1) is 11.3 Å².